The van der Waals surface area contributed by atoms with E-state index in [-0.39, 0.29) is 12.1 Å². The fraction of sp³-hybridized carbons (Fsp3) is 0.391. The molecular weight excluding hydrogens is 350 g/mol. The molecule has 3 aromatic rings. The summed E-state index contributed by atoms with van der Waals surface area (Å²) in [5.74, 6) is 3.91. The van der Waals surface area contributed by atoms with Gasteiger partial charge in [0.25, 0.3) is 0 Å². The molecule has 1 fully saturated rings. The Balaban J connectivity index is 1.66. The minimum atomic E-state index is -0.522. The summed E-state index contributed by atoms with van der Waals surface area (Å²) in [7, 11) is 0. The van der Waals surface area contributed by atoms with E-state index in [0.717, 1.165) is 39.6 Å². The van der Waals surface area contributed by atoms with Crippen LogP contribution in [-0.4, -0.2) is 32.6 Å². The Morgan fingerprint density at radius 2 is 2.11 bits per heavy atom. The van der Waals surface area contributed by atoms with Crippen molar-refractivity contribution in [1.82, 2.24) is 14.9 Å². The van der Waals surface area contributed by atoms with Crippen molar-refractivity contribution in [3.63, 3.8) is 0 Å². The second-order valence-corrected chi connectivity index (χ2v) is 8.61. The van der Waals surface area contributed by atoms with E-state index in [1.54, 1.807) is 4.90 Å². The number of terminal acetylenes is 1. The highest BCUT2D eigenvalue weighted by molar-refractivity contribution is 6.04. The van der Waals surface area contributed by atoms with Crippen LogP contribution in [0.25, 0.3) is 21.8 Å². The van der Waals surface area contributed by atoms with E-state index in [1.807, 2.05) is 51.1 Å². The standard InChI is InChI=1S/C23H25N3O2/c1-6-15-7-9-17-16(12-15)8-10-18-21(17)25-20(24-18)13-26(19-11-14(19)2)22(27)28-23(3,4)5/h1,7-10,12,14,19H,11,13H2,2-5H3,(H,24,25). The average molecular weight is 375 g/mol. The van der Waals surface area contributed by atoms with Crippen molar-refractivity contribution >= 4 is 27.9 Å². The molecule has 0 aliphatic heterocycles. The van der Waals surface area contributed by atoms with E-state index in [9.17, 15) is 4.79 Å². The fourth-order valence-corrected chi connectivity index (χ4v) is 3.55. The van der Waals surface area contributed by atoms with Crippen molar-refractivity contribution in [3.05, 3.63) is 41.7 Å². The summed E-state index contributed by atoms with van der Waals surface area (Å²) >= 11 is 0. The highest BCUT2D eigenvalue weighted by Gasteiger charge is 2.42. The van der Waals surface area contributed by atoms with Crippen molar-refractivity contribution < 1.29 is 9.53 Å². The molecule has 1 aromatic heterocycles. The van der Waals surface area contributed by atoms with Crippen LogP contribution in [-0.2, 0) is 11.3 Å². The number of carbonyl (C=O) groups is 1. The molecule has 2 atom stereocenters. The third kappa shape index (κ3) is 3.55. The van der Waals surface area contributed by atoms with E-state index >= 15 is 0 Å². The molecule has 0 radical (unpaired) electrons. The van der Waals surface area contributed by atoms with Gasteiger partial charge in [-0.1, -0.05) is 25.0 Å². The second kappa shape index (κ2) is 6.56. The van der Waals surface area contributed by atoms with Crippen LogP contribution in [0.3, 0.4) is 0 Å². The number of hydrogen-bond donors (Lipinski definition) is 1. The van der Waals surface area contributed by atoms with Gasteiger partial charge in [0.2, 0.25) is 0 Å². The minimum Gasteiger partial charge on any atom is -0.444 e. The Labute approximate surface area is 165 Å². The van der Waals surface area contributed by atoms with Crippen LogP contribution in [0.4, 0.5) is 4.79 Å². The SMILES string of the molecule is C#Cc1ccc2c(ccc3[nH]c(CN(C(=O)OC(C)(C)C)C4CC4C)nc32)c1. The van der Waals surface area contributed by atoms with Crippen LogP contribution in [0.15, 0.2) is 30.3 Å². The number of rotatable bonds is 3. The van der Waals surface area contributed by atoms with Crippen molar-refractivity contribution in [2.75, 3.05) is 0 Å². The molecule has 1 aliphatic carbocycles. The van der Waals surface area contributed by atoms with Gasteiger partial charge < -0.3 is 9.72 Å². The number of nitrogens with zero attached hydrogens (tertiary/aromatic N) is 2. The van der Waals surface area contributed by atoms with Crippen LogP contribution >= 0.6 is 0 Å². The largest absolute Gasteiger partial charge is 0.444 e. The number of aromatic amines is 1. The molecule has 1 amide bonds. The summed E-state index contributed by atoms with van der Waals surface area (Å²) in [6.45, 7) is 8.21. The number of carbonyl (C=O) groups excluding carboxylic acids is 1. The lowest BCUT2D eigenvalue weighted by atomic mass is 10.1. The van der Waals surface area contributed by atoms with Gasteiger partial charge in [0.15, 0.2) is 0 Å². The number of ether oxygens (including phenoxy) is 1. The topological polar surface area (TPSA) is 58.2 Å². The first kappa shape index (κ1) is 18.4. The average Bonchev–Trinajstić information content (AvgIpc) is 3.19. The second-order valence-electron chi connectivity index (χ2n) is 8.61. The van der Waals surface area contributed by atoms with E-state index in [4.69, 9.17) is 16.1 Å². The molecule has 5 heteroatoms. The van der Waals surface area contributed by atoms with Gasteiger partial charge in [-0.15, -0.1) is 6.42 Å². The number of nitrogens with one attached hydrogen (secondary N) is 1. The number of imidazole rings is 1. The number of H-pyrrole nitrogens is 1. The first-order valence-electron chi connectivity index (χ1n) is 9.63. The molecule has 0 saturated heterocycles. The van der Waals surface area contributed by atoms with E-state index < -0.39 is 5.60 Å². The van der Waals surface area contributed by atoms with Crippen LogP contribution in [0.5, 0.6) is 0 Å². The van der Waals surface area contributed by atoms with Gasteiger partial charge in [-0.2, -0.15) is 0 Å². The zero-order valence-corrected chi connectivity index (χ0v) is 16.7. The zero-order valence-electron chi connectivity index (χ0n) is 16.7. The van der Waals surface area contributed by atoms with Crippen molar-refractivity contribution in [2.24, 2.45) is 5.92 Å². The molecule has 28 heavy (non-hydrogen) atoms. The molecule has 1 N–H and O–H groups in total. The maximum atomic E-state index is 12.7. The number of benzene rings is 2. The quantitative estimate of drug-likeness (QED) is 0.666. The molecule has 4 rings (SSSR count). The molecular formula is C23H25N3O2. The third-order valence-corrected chi connectivity index (χ3v) is 5.10. The van der Waals surface area contributed by atoms with Gasteiger partial charge in [0.1, 0.15) is 11.4 Å². The number of aromatic nitrogens is 2. The molecule has 1 saturated carbocycles. The molecule has 1 aliphatic rings. The maximum absolute atomic E-state index is 12.7. The highest BCUT2D eigenvalue weighted by Crippen LogP contribution is 2.37. The Bertz CT molecular complexity index is 1100. The maximum Gasteiger partial charge on any atom is 0.410 e. The van der Waals surface area contributed by atoms with Gasteiger partial charge in [-0.3, -0.25) is 4.90 Å². The lowest BCUT2D eigenvalue weighted by Gasteiger charge is -2.27. The summed E-state index contributed by atoms with van der Waals surface area (Å²) in [5.41, 5.74) is 2.17. The molecule has 5 nitrogen and oxygen atoms in total. The highest BCUT2D eigenvalue weighted by atomic mass is 16.6. The predicted octanol–water partition coefficient (Wildman–Crippen LogP) is 4.84. The van der Waals surface area contributed by atoms with Crippen LogP contribution in [0, 0.1) is 18.3 Å². The minimum absolute atomic E-state index is 0.206. The summed E-state index contributed by atoms with van der Waals surface area (Å²) in [5, 5.41) is 2.10. The molecule has 2 aromatic carbocycles. The Morgan fingerprint density at radius 1 is 1.36 bits per heavy atom. The molecule has 1 heterocycles. The number of amides is 1. The summed E-state index contributed by atoms with van der Waals surface area (Å²) in [4.78, 5) is 22.7. The smallest absolute Gasteiger partial charge is 0.410 e. The van der Waals surface area contributed by atoms with E-state index in [0.29, 0.717) is 12.5 Å². The van der Waals surface area contributed by atoms with Crippen molar-refractivity contribution in [1.29, 1.82) is 0 Å². The van der Waals surface area contributed by atoms with Crippen LogP contribution in [0.1, 0.15) is 45.5 Å². The molecule has 0 bridgehead atoms. The first-order chi connectivity index (χ1) is 13.2. The third-order valence-electron chi connectivity index (χ3n) is 5.10. The Kier molecular flexibility index (Phi) is 4.30. The lowest BCUT2D eigenvalue weighted by Crippen LogP contribution is -2.38. The molecule has 0 spiro atoms. The zero-order chi connectivity index (χ0) is 20.1. The van der Waals surface area contributed by atoms with Crippen LogP contribution in [0.2, 0.25) is 0 Å². The van der Waals surface area contributed by atoms with Gasteiger partial charge in [0, 0.05) is 17.0 Å². The predicted molar refractivity (Wildman–Crippen MR) is 111 cm³/mol. The first-order valence-corrected chi connectivity index (χ1v) is 9.63. The van der Waals surface area contributed by atoms with Crippen molar-refractivity contribution in [2.45, 2.75) is 52.3 Å². The van der Waals surface area contributed by atoms with E-state index in [1.165, 1.54) is 0 Å². The summed E-state index contributed by atoms with van der Waals surface area (Å²) < 4.78 is 5.62. The lowest BCUT2D eigenvalue weighted by molar-refractivity contribution is 0.0203. The summed E-state index contributed by atoms with van der Waals surface area (Å²) in [6, 6.07) is 10.2. The van der Waals surface area contributed by atoms with Gasteiger partial charge in [-0.25, -0.2) is 9.78 Å². The van der Waals surface area contributed by atoms with E-state index in [2.05, 4.69) is 17.8 Å². The Hall–Kier alpha value is -3.00. The number of fused-ring (bicyclic) bond motifs is 3. The van der Waals surface area contributed by atoms with Crippen molar-refractivity contribution in [3.8, 4) is 12.3 Å². The van der Waals surface area contributed by atoms with Gasteiger partial charge >= 0.3 is 6.09 Å². The normalized spacial score (nSPS) is 18.8. The van der Waals surface area contributed by atoms with Crippen LogP contribution < -0.4 is 0 Å². The van der Waals surface area contributed by atoms with Gasteiger partial charge in [0.05, 0.1) is 17.6 Å². The number of hydrogen-bond acceptors (Lipinski definition) is 3. The monoisotopic (exact) mass is 375 g/mol. The molecule has 2 unspecified atom stereocenters. The summed E-state index contributed by atoms with van der Waals surface area (Å²) in [6.07, 6.45) is 6.22. The Morgan fingerprint density at radius 3 is 2.75 bits per heavy atom. The molecule has 144 valence electrons. The fourth-order valence-electron chi connectivity index (χ4n) is 3.55. The van der Waals surface area contributed by atoms with Gasteiger partial charge in [-0.05, 0) is 56.7 Å².